The van der Waals surface area contributed by atoms with Crippen molar-refractivity contribution in [3.8, 4) is 0 Å². The van der Waals surface area contributed by atoms with Gasteiger partial charge in [0.2, 0.25) is 0 Å². The average molecular weight is 353 g/mol. The number of nitrogens with one attached hydrogen (secondary N) is 1. The van der Waals surface area contributed by atoms with E-state index in [1.165, 1.54) is 6.07 Å². The topological polar surface area (TPSA) is 72.2 Å². The zero-order valence-corrected chi connectivity index (χ0v) is 12.5. The molecule has 0 aromatic heterocycles. The van der Waals surface area contributed by atoms with Crippen molar-refractivity contribution >= 4 is 44.6 Å². The lowest BCUT2D eigenvalue weighted by Crippen LogP contribution is -2.15. The fraction of sp³-hybridized carbons (Fsp3) is 0. The van der Waals surface area contributed by atoms with E-state index in [9.17, 15) is 17.2 Å². The lowest BCUT2D eigenvalue weighted by Gasteiger charge is -2.11. The van der Waals surface area contributed by atoms with Crippen molar-refractivity contribution in [1.29, 1.82) is 0 Å². The van der Waals surface area contributed by atoms with Crippen LogP contribution in [0.4, 0.5) is 20.2 Å². The van der Waals surface area contributed by atoms with E-state index in [1.807, 2.05) is 4.72 Å². The number of anilines is 2. The van der Waals surface area contributed by atoms with Crippen molar-refractivity contribution in [3.63, 3.8) is 0 Å². The van der Waals surface area contributed by atoms with E-state index in [0.717, 1.165) is 24.3 Å². The normalized spacial score (nSPS) is 11.4. The van der Waals surface area contributed by atoms with E-state index in [2.05, 4.69) is 0 Å². The SMILES string of the molecule is Nc1ccc(NS(=O)(=O)c2ccc(Cl)c(F)c2Cl)c(F)c1. The molecule has 9 heteroatoms. The Kier molecular flexibility index (Phi) is 4.27. The third-order valence-corrected chi connectivity index (χ3v) is 4.71. The summed E-state index contributed by atoms with van der Waals surface area (Å²) in [6.07, 6.45) is 0. The van der Waals surface area contributed by atoms with Gasteiger partial charge in [0.25, 0.3) is 10.0 Å². The van der Waals surface area contributed by atoms with Crippen LogP contribution in [0.1, 0.15) is 0 Å². The molecule has 0 aliphatic heterocycles. The van der Waals surface area contributed by atoms with Gasteiger partial charge in [0, 0.05) is 5.69 Å². The van der Waals surface area contributed by atoms with Gasteiger partial charge in [-0.05, 0) is 30.3 Å². The second-order valence-electron chi connectivity index (χ2n) is 4.02. The number of hydrogen-bond acceptors (Lipinski definition) is 3. The molecule has 0 fully saturated rings. The van der Waals surface area contributed by atoms with E-state index in [1.54, 1.807) is 0 Å². The van der Waals surface area contributed by atoms with Crippen molar-refractivity contribution < 1.29 is 17.2 Å². The monoisotopic (exact) mass is 352 g/mol. The van der Waals surface area contributed by atoms with E-state index in [0.29, 0.717) is 0 Å². The average Bonchev–Trinajstić information content (AvgIpc) is 2.39. The van der Waals surface area contributed by atoms with Gasteiger partial charge < -0.3 is 5.73 Å². The van der Waals surface area contributed by atoms with Crippen LogP contribution in [0.3, 0.4) is 0 Å². The number of nitrogen functional groups attached to an aromatic ring is 1. The van der Waals surface area contributed by atoms with Gasteiger partial charge in [-0.1, -0.05) is 23.2 Å². The molecular weight excluding hydrogens is 345 g/mol. The molecule has 4 nitrogen and oxygen atoms in total. The molecule has 2 rings (SSSR count). The van der Waals surface area contributed by atoms with Crippen LogP contribution in [0, 0.1) is 11.6 Å². The maximum absolute atomic E-state index is 13.6. The minimum Gasteiger partial charge on any atom is -0.399 e. The van der Waals surface area contributed by atoms with E-state index < -0.39 is 31.6 Å². The van der Waals surface area contributed by atoms with Crippen LogP contribution in [0.25, 0.3) is 0 Å². The number of hydrogen-bond donors (Lipinski definition) is 2. The van der Waals surface area contributed by atoms with E-state index >= 15 is 0 Å². The molecule has 2 aromatic rings. The van der Waals surface area contributed by atoms with Gasteiger partial charge >= 0.3 is 0 Å². The summed E-state index contributed by atoms with van der Waals surface area (Å²) in [6, 6.07) is 5.46. The van der Waals surface area contributed by atoms with Gasteiger partial charge in [0.1, 0.15) is 10.7 Å². The van der Waals surface area contributed by atoms with Crippen molar-refractivity contribution in [2.75, 3.05) is 10.5 Å². The fourth-order valence-electron chi connectivity index (χ4n) is 1.53. The summed E-state index contributed by atoms with van der Waals surface area (Å²) in [7, 11) is -4.28. The fourth-order valence-corrected chi connectivity index (χ4v) is 3.34. The highest BCUT2D eigenvalue weighted by Crippen LogP contribution is 2.31. The number of benzene rings is 2. The van der Waals surface area contributed by atoms with Crippen molar-refractivity contribution in [2.45, 2.75) is 4.90 Å². The Labute approximate surface area is 129 Å². The Balaban J connectivity index is 2.46. The molecule has 0 aliphatic rings. The van der Waals surface area contributed by atoms with Gasteiger partial charge in [-0.3, -0.25) is 4.72 Å². The number of halogens is 4. The molecule has 0 aliphatic carbocycles. The zero-order valence-electron chi connectivity index (χ0n) is 10.2. The van der Waals surface area contributed by atoms with Crippen LogP contribution in [0.2, 0.25) is 10.0 Å². The summed E-state index contributed by atoms with van der Waals surface area (Å²) in [5.41, 5.74) is 5.15. The lowest BCUT2D eigenvalue weighted by molar-refractivity contribution is 0.593. The summed E-state index contributed by atoms with van der Waals surface area (Å²) in [5, 5.41) is -0.997. The number of nitrogens with two attached hydrogens (primary N) is 1. The first-order valence-electron chi connectivity index (χ1n) is 5.43. The molecule has 0 atom stereocenters. The zero-order chi connectivity index (χ0) is 15.8. The van der Waals surface area contributed by atoms with Crippen molar-refractivity contribution in [1.82, 2.24) is 0 Å². The first-order chi connectivity index (χ1) is 9.72. The Bertz CT molecular complexity index is 813. The predicted molar refractivity (Wildman–Crippen MR) is 78.0 cm³/mol. The van der Waals surface area contributed by atoms with Crippen molar-refractivity contribution in [2.24, 2.45) is 0 Å². The smallest absolute Gasteiger partial charge is 0.263 e. The van der Waals surface area contributed by atoms with Crippen LogP contribution in [0.5, 0.6) is 0 Å². The number of sulfonamides is 1. The third kappa shape index (κ3) is 3.20. The Morgan fingerprint density at radius 2 is 1.76 bits per heavy atom. The number of rotatable bonds is 3. The second-order valence-corrected chi connectivity index (χ2v) is 6.45. The quantitative estimate of drug-likeness (QED) is 0.654. The van der Waals surface area contributed by atoms with Crippen LogP contribution in [-0.4, -0.2) is 8.42 Å². The van der Waals surface area contributed by atoms with E-state index in [4.69, 9.17) is 28.9 Å². The Morgan fingerprint density at radius 3 is 2.38 bits per heavy atom. The summed E-state index contributed by atoms with van der Waals surface area (Å²) >= 11 is 11.1. The van der Waals surface area contributed by atoms with E-state index in [-0.39, 0.29) is 16.4 Å². The first-order valence-corrected chi connectivity index (χ1v) is 7.67. The molecular formula is C12H8Cl2F2N2O2S. The largest absolute Gasteiger partial charge is 0.399 e. The standard InChI is InChI=1S/C12H8Cl2F2N2O2S/c13-7-2-4-10(11(14)12(7)16)21(19,20)18-9-3-1-6(17)5-8(9)15/h1-5,18H,17H2. The van der Waals surface area contributed by atoms with Crippen molar-refractivity contribution in [3.05, 3.63) is 52.0 Å². The Morgan fingerprint density at radius 1 is 1.10 bits per heavy atom. The molecule has 0 saturated carbocycles. The molecule has 2 aromatic carbocycles. The molecule has 0 spiro atoms. The van der Waals surface area contributed by atoms with Gasteiger partial charge in [-0.2, -0.15) is 0 Å². The second kappa shape index (κ2) is 5.67. The molecule has 0 bridgehead atoms. The summed E-state index contributed by atoms with van der Waals surface area (Å²) in [6.45, 7) is 0. The predicted octanol–water partition coefficient (Wildman–Crippen LogP) is 3.65. The summed E-state index contributed by atoms with van der Waals surface area (Å²) in [4.78, 5) is -0.553. The third-order valence-electron chi connectivity index (χ3n) is 2.53. The van der Waals surface area contributed by atoms with Gasteiger partial charge in [-0.15, -0.1) is 0 Å². The molecule has 21 heavy (non-hydrogen) atoms. The maximum Gasteiger partial charge on any atom is 0.263 e. The molecule has 0 heterocycles. The molecule has 0 amide bonds. The summed E-state index contributed by atoms with van der Waals surface area (Å²) in [5.74, 6) is -1.94. The summed E-state index contributed by atoms with van der Waals surface area (Å²) < 4.78 is 53.4. The minimum atomic E-state index is -4.28. The molecule has 3 N–H and O–H groups in total. The first kappa shape index (κ1) is 15.8. The van der Waals surface area contributed by atoms with Crippen LogP contribution >= 0.6 is 23.2 Å². The minimum absolute atomic E-state index is 0.131. The highest BCUT2D eigenvalue weighted by Gasteiger charge is 2.23. The van der Waals surface area contributed by atoms with Gasteiger partial charge in [-0.25, -0.2) is 17.2 Å². The molecule has 0 radical (unpaired) electrons. The van der Waals surface area contributed by atoms with Crippen LogP contribution in [0.15, 0.2) is 35.2 Å². The molecule has 112 valence electrons. The van der Waals surface area contributed by atoms with Gasteiger partial charge in [0.05, 0.1) is 15.7 Å². The van der Waals surface area contributed by atoms with Crippen LogP contribution < -0.4 is 10.5 Å². The Hall–Kier alpha value is -1.57. The molecule has 0 saturated heterocycles. The lowest BCUT2D eigenvalue weighted by atomic mass is 10.3. The molecule has 0 unspecified atom stereocenters. The van der Waals surface area contributed by atoms with Gasteiger partial charge in [0.15, 0.2) is 5.82 Å². The highest BCUT2D eigenvalue weighted by molar-refractivity contribution is 7.92. The highest BCUT2D eigenvalue weighted by atomic mass is 35.5. The maximum atomic E-state index is 13.6. The van der Waals surface area contributed by atoms with Crippen LogP contribution in [-0.2, 0) is 10.0 Å².